The van der Waals surface area contributed by atoms with Crippen LogP contribution in [0.2, 0.25) is 0 Å². The Hall–Kier alpha value is -1.43. The van der Waals surface area contributed by atoms with E-state index in [4.69, 9.17) is 5.11 Å². The molecule has 1 amide bonds. The first-order chi connectivity index (χ1) is 9.47. The number of amides is 1. The van der Waals surface area contributed by atoms with Crippen LogP contribution in [-0.2, 0) is 9.59 Å². The van der Waals surface area contributed by atoms with E-state index in [0.717, 1.165) is 0 Å². The summed E-state index contributed by atoms with van der Waals surface area (Å²) in [5.41, 5.74) is 0.398. The summed E-state index contributed by atoms with van der Waals surface area (Å²) in [4.78, 5) is 23.0. The first-order valence-corrected chi connectivity index (χ1v) is 7.25. The highest BCUT2D eigenvalue weighted by atomic mass is 79.9. The van der Waals surface area contributed by atoms with E-state index in [-0.39, 0.29) is 17.7 Å². The van der Waals surface area contributed by atoms with Crippen molar-refractivity contribution in [1.82, 2.24) is 0 Å². The Labute approximate surface area is 124 Å². The van der Waals surface area contributed by atoms with Crippen molar-refractivity contribution < 1.29 is 19.1 Å². The maximum atomic E-state index is 13.1. The van der Waals surface area contributed by atoms with Crippen molar-refractivity contribution in [3.05, 3.63) is 28.5 Å². The predicted octanol–water partition coefficient (Wildman–Crippen LogP) is 3.42. The molecule has 1 aliphatic rings. The lowest BCUT2D eigenvalue weighted by Gasteiger charge is -2.25. The van der Waals surface area contributed by atoms with Crippen LogP contribution in [0.3, 0.4) is 0 Å². The number of rotatable bonds is 3. The normalized spacial score (nSPS) is 22.3. The highest BCUT2D eigenvalue weighted by Crippen LogP contribution is 2.31. The fourth-order valence-electron chi connectivity index (χ4n) is 2.43. The van der Waals surface area contributed by atoms with Crippen LogP contribution in [0.5, 0.6) is 0 Å². The molecule has 0 spiro atoms. The Morgan fingerprint density at radius 2 is 1.80 bits per heavy atom. The zero-order valence-corrected chi connectivity index (χ0v) is 12.3. The van der Waals surface area contributed by atoms with Crippen LogP contribution in [0.15, 0.2) is 22.7 Å². The SMILES string of the molecule is O=C(O)C1CCC(C(=O)Nc2cc(F)ccc2Br)CC1. The molecule has 1 fully saturated rings. The van der Waals surface area contributed by atoms with Gasteiger partial charge in [0.1, 0.15) is 5.82 Å². The van der Waals surface area contributed by atoms with E-state index in [2.05, 4.69) is 21.2 Å². The molecule has 0 aliphatic heterocycles. The van der Waals surface area contributed by atoms with E-state index in [0.29, 0.717) is 35.8 Å². The second kappa shape index (κ2) is 6.35. The number of carboxylic acids is 1. The molecule has 0 unspecified atom stereocenters. The second-order valence-electron chi connectivity index (χ2n) is 5.00. The van der Waals surface area contributed by atoms with Crippen LogP contribution in [0, 0.1) is 17.7 Å². The maximum Gasteiger partial charge on any atom is 0.306 e. The zero-order chi connectivity index (χ0) is 14.7. The number of hydrogen-bond donors (Lipinski definition) is 2. The zero-order valence-electron chi connectivity index (χ0n) is 10.7. The van der Waals surface area contributed by atoms with Crippen LogP contribution in [0.4, 0.5) is 10.1 Å². The molecule has 0 bridgehead atoms. The van der Waals surface area contributed by atoms with Crippen LogP contribution >= 0.6 is 15.9 Å². The molecule has 1 aliphatic carbocycles. The molecular formula is C14H15BrFNO3. The largest absolute Gasteiger partial charge is 0.481 e. The molecular weight excluding hydrogens is 329 g/mol. The molecule has 2 N–H and O–H groups in total. The summed E-state index contributed by atoms with van der Waals surface area (Å²) in [6.45, 7) is 0. The van der Waals surface area contributed by atoms with Crippen molar-refractivity contribution in [2.45, 2.75) is 25.7 Å². The van der Waals surface area contributed by atoms with Gasteiger partial charge in [0, 0.05) is 10.4 Å². The van der Waals surface area contributed by atoms with Crippen molar-refractivity contribution in [2.24, 2.45) is 11.8 Å². The number of hydrogen-bond acceptors (Lipinski definition) is 2. The van der Waals surface area contributed by atoms with Gasteiger partial charge in [-0.15, -0.1) is 0 Å². The average Bonchev–Trinajstić information content (AvgIpc) is 2.43. The molecule has 0 aromatic heterocycles. The van der Waals surface area contributed by atoms with Crippen molar-refractivity contribution in [1.29, 1.82) is 0 Å². The molecule has 1 saturated carbocycles. The minimum absolute atomic E-state index is 0.180. The average molecular weight is 344 g/mol. The third kappa shape index (κ3) is 3.56. The minimum Gasteiger partial charge on any atom is -0.481 e. The number of nitrogens with one attached hydrogen (secondary N) is 1. The summed E-state index contributed by atoms with van der Waals surface area (Å²) in [7, 11) is 0. The molecule has 2 rings (SSSR count). The highest BCUT2D eigenvalue weighted by molar-refractivity contribution is 9.10. The highest BCUT2D eigenvalue weighted by Gasteiger charge is 2.29. The topological polar surface area (TPSA) is 66.4 Å². The van der Waals surface area contributed by atoms with E-state index < -0.39 is 11.8 Å². The number of aliphatic carboxylic acids is 1. The van der Waals surface area contributed by atoms with E-state index in [1.165, 1.54) is 18.2 Å². The van der Waals surface area contributed by atoms with Crippen LogP contribution in [-0.4, -0.2) is 17.0 Å². The van der Waals surface area contributed by atoms with Gasteiger partial charge in [-0.25, -0.2) is 4.39 Å². The molecule has 20 heavy (non-hydrogen) atoms. The number of anilines is 1. The lowest BCUT2D eigenvalue weighted by molar-refractivity contribution is -0.143. The van der Waals surface area contributed by atoms with Gasteiger partial charge >= 0.3 is 5.97 Å². The van der Waals surface area contributed by atoms with Crippen molar-refractivity contribution >= 4 is 33.5 Å². The number of carboxylic acid groups (broad SMARTS) is 1. The van der Waals surface area contributed by atoms with Gasteiger partial charge in [0.05, 0.1) is 11.6 Å². The van der Waals surface area contributed by atoms with Gasteiger partial charge in [0.15, 0.2) is 0 Å². The summed E-state index contributed by atoms with van der Waals surface area (Å²) in [6.07, 6.45) is 2.13. The minimum atomic E-state index is -0.795. The van der Waals surface area contributed by atoms with Gasteiger partial charge < -0.3 is 10.4 Å². The van der Waals surface area contributed by atoms with Crippen molar-refractivity contribution in [2.75, 3.05) is 5.32 Å². The quantitative estimate of drug-likeness (QED) is 0.883. The van der Waals surface area contributed by atoms with Gasteiger partial charge in [-0.2, -0.15) is 0 Å². The molecule has 6 heteroatoms. The van der Waals surface area contributed by atoms with Crippen molar-refractivity contribution in [3.63, 3.8) is 0 Å². The summed E-state index contributed by atoms with van der Waals surface area (Å²) < 4.78 is 13.8. The molecule has 0 radical (unpaired) electrons. The van der Waals surface area contributed by atoms with Gasteiger partial charge in [-0.1, -0.05) is 0 Å². The van der Waals surface area contributed by atoms with Crippen LogP contribution < -0.4 is 5.32 Å². The third-order valence-electron chi connectivity index (χ3n) is 3.63. The monoisotopic (exact) mass is 343 g/mol. The Bertz CT molecular complexity index is 527. The first kappa shape index (κ1) is 15.0. The molecule has 108 valence electrons. The Morgan fingerprint density at radius 3 is 2.40 bits per heavy atom. The Kier molecular flexibility index (Phi) is 4.75. The summed E-state index contributed by atoms with van der Waals surface area (Å²) in [5, 5.41) is 11.6. The molecule has 0 heterocycles. The first-order valence-electron chi connectivity index (χ1n) is 6.46. The smallest absolute Gasteiger partial charge is 0.306 e. The van der Waals surface area contributed by atoms with Crippen LogP contribution in [0.25, 0.3) is 0 Å². The van der Waals surface area contributed by atoms with Gasteiger partial charge in [0.2, 0.25) is 5.91 Å². The van der Waals surface area contributed by atoms with E-state index in [1.54, 1.807) is 0 Å². The van der Waals surface area contributed by atoms with Gasteiger partial charge in [-0.3, -0.25) is 9.59 Å². The fraction of sp³-hybridized carbons (Fsp3) is 0.429. The molecule has 0 saturated heterocycles. The predicted molar refractivity (Wildman–Crippen MR) is 75.8 cm³/mol. The molecule has 4 nitrogen and oxygen atoms in total. The van der Waals surface area contributed by atoms with Gasteiger partial charge in [0.25, 0.3) is 0 Å². The number of carbonyl (C=O) groups is 2. The summed E-state index contributed by atoms with van der Waals surface area (Å²) in [5.74, 6) is -1.95. The Balaban J connectivity index is 1.96. The fourth-order valence-corrected chi connectivity index (χ4v) is 2.78. The lowest BCUT2D eigenvalue weighted by Crippen LogP contribution is -2.29. The Morgan fingerprint density at radius 1 is 1.20 bits per heavy atom. The number of benzene rings is 1. The molecule has 1 aromatic rings. The summed E-state index contributed by atoms with van der Waals surface area (Å²) >= 11 is 3.25. The molecule has 0 atom stereocenters. The standard InChI is InChI=1S/C14H15BrFNO3/c15-11-6-5-10(16)7-12(11)17-13(18)8-1-3-9(4-2-8)14(19)20/h5-9H,1-4H2,(H,17,18)(H,19,20). The summed E-state index contributed by atoms with van der Waals surface area (Å²) in [6, 6.07) is 4.09. The molecule has 1 aromatic carbocycles. The third-order valence-corrected chi connectivity index (χ3v) is 4.32. The van der Waals surface area contributed by atoms with E-state index >= 15 is 0 Å². The van der Waals surface area contributed by atoms with E-state index in [1.807, 2.05) is 0 Å². The van der Waals surface area contributed by atoms with Crippen molar-refractivity contribution in [3.8, 4) is 0 Å². The number of carbonyl (C=O) groups excluding carboxylic acids is 1. The van der Waals surface area contributed by atoms with E-state index in [9.17, 15) is 14.0 Å². The second-order valence-corrected chi connectivity index (χ2v) is 5.85. The van der Waals surface area contributed by atoms with Gasteiger partial charge in [-0.05, 0) is 59.8 Å². The lowest BCUT2D eigenvalue weighted by atomic mass is 9.81. The number of halogens is 2. The maximum absolute atomic E-state index is 13.1. The van der Waals surface area contributed by atoms with Crippen LogP contribution in [0.1, 0.15) is 25.7 Å².